The quantitative estimate of drug-likeness (QED) is 0.518. The normalized spacial score (nSPS) is 10.0. The zero-order valence-electron chi connectivity index (χ0n) is 13.2. The van der Waals surface area contributed by atoms with E-state index in [1.807, 2.05) is 25.1 Å². The molecule has 0 bridgehead atoms. The van der Waals surface area contributed by atoms with E-state index in [0.717, 1.165) is 11.1 Å². The summed E-state index contributed by atoms with van der Waals surface area (Å²) in [6.07, 6.45) is 0. The molecule has 0 atom stereocenters. The summed E-state index contributed by atoms with van der Waals surface area (Å²) in [5, 5.41) is 8.89. The van der Waals surface area contributed by atoms with Gasteiger partial charge in [-0.05, 0) is 48.4 Å². The monoisotopic (exact) mass is 313 g/mol. The number of esters is 1. The second-order valence-corrected chi connectivity index (χ2v) is 5.47. The van der Waals surface area contributed by atoms with Crippen LogP contribution in [-0.2, 0) is 0 Å². The van der Waals surface area contributed by atoms with Crippen LogP contribution in [0.25, 0.3) is 11.1 Å². The molecule has 3 nitrogen and oxygen atoms in total. The van der Waals surface area contributed by atoms with Crippen molar-refractivity contribution >= 4 is 5.97 Å². The van der Waals surface area contributed by atoms with Gasteiger partial charge in [0.2, 0.25) is 0 Å². The van der Waals surface area contributed by atoms with Crippen LogP contribution in [-0.4, -0.2) is 5.97 Å². The van der Waals surface area contributed by atoms with Gasteiger partial charge < -0.3 is 4.74 Å². The fraction of sp³-hybridized carbons (Fsp3) is 0.0476. The molecular formula is C21H15NO2. The van der Waals surface area contributed by atoms with E-state index >= 15 is 0 Å². The lowest BCUT2D eigenvalue weighted by Crippen LogP contribution is -2.08. The summed E-state index contributed by atoms with van der Waals surface area (Å²) in [4.78, 5) is 12.1. The third-order valence-corrected chi connectivity index (χ3v) is 3.68. The van der Waals surface area contributed by atoms with Gasteiger partial charge in [0.05, 0.1) is 17.2 Å². The van der Waals surface area contributed by atoms with Crippen LogP contribution in [0.1, 0.15) is 21.5 Å². The summed E-state index contributed by atoms with van der Waals surface area (Å²) in [7, 11) is 0. The van der Waals surface area contributed by atoms with Crippen molar-refractivity contribution in [3.63, 3.8) is 0 Å². The number of ether oxygens (including phenoxy) is 1. The van der Waals surface area contributed by atoms with Crippen LogP contribution >= 0.6 is 0 Å². The van der Waals surface area contributed by atoms with Gasteiger partial charge in [-0.25, -0.2) is 4.79 Å². The first-order chi connectivity index (χ1) is 11.7. The van der Waals surface area contributed by atoms with Gasteiger partial charge in [0.15, 0.2) is 0 Å². The minimum Gasteiger partial charge on any atom is -0.423 e. The molecule has 0 unspecified atom stereocenters. The predicted molar refractivity (Wildman–Crippen MR) is 92.7 cm³/mol. The zero-order chi connectivity index (χ0) is 16.9. The van der Waals surface area contributed by atoms with Crippen molar-refractivity contribution in [2.45, 2.75) is 6.92 Å². The molecule has 3 aromatic carbocycles. The Labute approximate surface area is 140 Å². The number of hydrogen-bond donors (Lipinski definition) is 0. The molecule has 0 amide bonds. The van der Waals surface area contributed by atoms with Crippen LogP contribution in [0.2, 0.25) is 0 Å². The van der Waals surface area contributed by atoms with Crippen LogP contribution < -0.4 is 4.74 Å². The van der Waals surface area contributed by atoms with Crippen molar-refractivity contribution in [1.29, 1.82) is 5.26 Å². The summed E-state index contributed by atoms with van der Waals surface area (Å²) in [5.74, 6) is -0.00610. The molecule has 0 heterocycles. The van der Waals surface area contributed by atoms with Crippen molar-refractivity contribution in [3.05, 3.63) is 89.5 Å². The zero-order valence-corrected chi connectivity index (χ0v) is 13.2. The Bertz CT molecular complexity index is 904. The Morgan fingerprint density at radius 3 is 2.17 bits per heavy atom. The maximum absolute atomic E-state index is 12.1. The average molecular weight is 313 g/mol. The minimum absolute atomic E-state index is 0.358. The Morgan fingerprint density at radius 1 is 0.917 bits per heavy atom. The van der Waals surface area contributed by atoms with E-state index in [1.54, 1.807) is 30.3 Å². The van der Waals surface area contributed by atoms with E-state index in [-0.39, 0.29) is 0 Å². The Hall–Kier alpha value is -3.38. The highest BCUT2D eigenvalue weighted by molar-refractivity contribution is 5.91. The van der Waals surface area contributed by atoms with Crippen molar-refractivity contribution in [3.8, 4) is 22.9 Å². The Kier molecular flexibility index (Phi) is 4.40. The highest BCUT2D eigenvalue weighted by Crippen LogP contribution is 2.23. The SMILES string of the molecule is Cc1ccc(-c2ccc(OC(=O)c3cccc(C#N)c3)cc2)cc1. The molecule has 3 heteroatoms. The van der Waals surface area contributed by atoms with Gasteiger partial charge in [0.1, 0.15) is 5.75 Å². The van der Waals surface area contributed by atoms with Crippen LogP contribution in [0.5, 0.6) is 5.75 Å². The Morgan fingerprint density at radius 2 is 1.54 bits per heavy atom. The molecular weight excluding hydrogens is 298 g/mol. The van der Waals surface area contributed by atoms with E-state index in [9.17, 15) is 4.79 Å². The molecule has 0 fully saturated rings. The van der Waals surface area contributed by atoms with Crippen molar-refractivity contribution in [2.75, 3.05) is 0 Å². The molecule has 0 saturated carbocycles. The molecule has 0 saturated heterocycles. The fourth-order valence-electron chi connectivity index (χ4n) is 2.34. The number of rotatable bonds is 3. The van der Waals surface area contributed by atoms with E-state index in [4.69, 9.17) is 10.00 Å². The summed E-state index contributed by atoms with van der Waals surface area (Å²) in [6.45, 7) is 2.05. The summed E-state index contributed by atoms with van der Waals surface area (Å²) in [5.41, 5.74) is 4.17. The first-order valence-corrected chi connectivity index (χ1v) is 7.55. The molecule has 24 heavy (non-hydrogen) atoms. The van der Waals surface area contributed by atoms with Gasteiger partial charge in [-0.1, -0.05) is 48.0 Å². The maximum Gasteiger partial charge on any atom is 0.343 e. The summed E-state index contributed by atoms with van der Waals surface area (Å²) in [6, 6.07) is 24.1. The second kappa shape index (κ2) is 6.80. The van der Waals surface area contributed by atoms with Gasteiger partial charge in [0, 0.05) is 0 Å². The van der Waals surface area contributed by atoms with Gasteiger partial charge in [-0.2, -0.15) is 5.26 Å². The fourth-order valence-corrected chi connectivity index (χ4v) is 2.34. The highest BCUT2D eigenvalue weighted by Gasteiger charge is 2.09. The minimum atomic E-state index is -0.477. The average Bonchev–Trinajstić information content (AvgIpc) is 2.63. The van der Waals surface area contributed by atoms with E-state index in [0.29, 0.717) is 16.9 Å². The summed E-state index contributed by atoms with van der Waals surface area (Å²) >= 11 is 0. The molecule has 3 aromatic rings. The lowest BCUT2D eigenvalue weighted by atomic mass is 10.0. The molecule has 0 aliphatic carbocycles. The number of benzene rings is 3. The molecule has 0 aliphatic heterocycles. The van der Waals surface area contributed by atoms with Crippen molar-refractivity contribution < 1.29 is 9.53 Å². The molecule has 0 radical (unpaired) electrons. The van der Waals surface area contributed by atoms with Crippen LogP contribution in [0.3, 0.4) is 0 Å². The molecule has 0 N–H and O–H groups in total. The predicted octanol–water partition coefficient (Wildman–Crippen LogP) is 4.75. The number of nitrogens with zero attached hydrogens (tertiary/aromatic N) is 1. The number of hydrogen-bond acceptors (Lipinski definition) is 3. The first-order valence-electron chi connectivity index (χ1n) is 7.55. The third-order valence-electron chi connectivity index (χ3n) is 3.68. The number of carbonyl (C=O) groups excluding carboxylic acids is 1. The first kappa shape index (κ1) is 15.5. The molecule has 0 aromatic heterocycles. The van der Waals surface area contributed by atoms with Crippen LogP contribution in [0.4, 0.5) is 0 Å². The topological polar surface area (TPSA) is 50.1 Å². The molecule has 3 rings (SSSR count). The Balaban J connectivity index is 1.75. The number of carbonyl (C=O) groups is 1. The van der Waals surface area contributed by atoms with Gasteiger partial charge in [-0.15, -0.1) is 0 Å². The largest absolute Gasteiger partial charge is 0.423 e. The van der Waals surface area contributed by atoms with Crippen molar-refractivity contribution in [2.24, 2.45) is 0 Å². The standard InChI is InChI=1S/C21H15NO2/c1-15-5-7-17(8-6-15)18-9-11-20(12-10-18)24-21(23)19-4-2-3-16(13-19)14-22/h2-13H,1H3. The third kappa shape index (κ3) is 3.50. The van der Waals surface area contributed by atoms with E-state index < -0.39 is 5.97 Å². The van der Waals surface area contributed by atoms with Crippen LogP contribution in [0.15, 0.2) is 72.8 Å². The van der Waals surface area contributed by atoms with Crippen LogP contribution in [0, 0.1) is 18.3 Å². The van der Waals surface area contributed by atoms with Crippen molar-refractivity contribution in [1.82, 2.24) is 0 Å². The van der Waals surface area contributed by atoms with Gasteiger partial charge in [-0.3, -0.25) is 0 Å². The smallest absolute Gasteiger partial charge is 0.343 e. The lowest BCUT2D eigenvalue weighted by molar-refractivity contribution is 0.0734. The van der Waals surface area contributed by atoms with Gasteiger partial charge >= 0.3 is 5.97 Å². The number of aryl methyl sites for hydroxylation is 1. The van der Waals surface area contributed by atoms with E-state index in [2.05, 4.69) is 24.3 Å². The summed E-state index contributed by atoms with van der Waals surface area (Å²) < 4.78 is 5.36. The van der Waals surface area contributed by atoms with E-state index in [1.165, 1.54) is 11.6 Å². The highest BCUT2D eigenvalue weighted by atomic mass is 16.5. The lowest BCUT2D eigenvalue weighted by Gasteiger charge is -2.06. The molecule has 0 aliphatic rings. The maximum atomic E-state index is 12.1. The second-order valence-electron chi connectivity index (χ2n) is 5.47. The molecule has 0 spiro atoms. The molecule has 116 valence electrons. The number of nitriles is 1. The van der Waals surface area contributed by atoms with Gasteiger partial charge in [0.25, 0.3) is 0 Å².